The smallest absolute Gasteiger partial charge is 0.321 e. The summed E-state index contributed by atoms with van der Waals surface area (Å²) in [6, 6.07) is 8.03. The maximum absolute atomic E-state index is 5.56. The van der Waals surface area contributed by atoms with Crippen LogP contribution in [0, 0.1) is 6.92 Å². The van der Waals surface area contributed by atoms with Crippen LogP contribution in [0.25, 0.3) is 0 Å². The minimum Gasteiger partial charge on any atom is -0.438 e. The second-order valence-electron chi connectivity index (χ2n) is 4.29. The summed E-state index contributed by atoms with van der Waals surface area (Å²) in [5.74, 6) is 1.77. The third-order valence-electron chi connectivity index (χ3n) is 2.66. The number of hydrogen-bond acceptors (Lipinski definition) is 7. The van der Waals surface area contributed by atoms with Crippen LogP contribution in [0.1, 0.15) is 11.4 Å². The maximum Gasteiger partial charge on any atom is 0.321 e. The summed E-state index contributed by atoms with van der Waals surface area (Å²) in [7, 11) is 0. The molecule has 0 saturated heterocycles. The quantitative estimate of drug-likeness (QED) is 0.770. The number of anilines is 1. The molecule has 0 aliphatic carbocycles. The Hall–Kier alpha value is -2.96. The summed E-state index contributed by atoms with van der Waals surface area (Å²) < 4.78 is 10.5. The summed E-state index contributed by atoms with van der Waals surface area (Å²) in [5, 5.41) is 6.76. The number of nitrogens with zero attached hydrogens (tertiary/aromatic N) is 4. The molecular weight excluding hydrogens is 270 g/mol. The van der Waals surface area contributed by atoms with E-state index in [1.165, 1.54) is 0 Å². The SMILES string of the molecule is Cc1noc(NCc2ccc(Oc3cnccn3)cc2)n1. The Morgan fingerprint density at radius 1 is 1.19 bits per heavy atom. The minimum atomic E-state index is 0.410. The van der Waals surface area contributed by atoms with Gasteiger partial charge in [0.1, 0.15) is 5.75 Å². The lowest BCUT2D eigenvalue weighted by molar-refractivity contribution is 0.425. The van der Waals surface area contributed by atoms with Crippen LogP contribution in [0.5, 0.6) is 11.6 Å². The molecule has 1 N–H and O–H groups in total. The highest BCUT2D eigenvalue weighted by Gasteiger charge is 2.02. The van der Waals surface area contributed by atoms with Crippen molar-refractivity contribution in [1.82, 2.24) is 20.1 Å². The van der Waals surface area contributed by atoms with Gasteiger partial charge < -0.3 is 14.6 Å². The van der Waals surface area contributed by atoms with E-state index < -0.39 is 0 Å². The first-order valence-electron chi connectivity index (χ1n) is 6.36. The van der Waals surface area contributed by atoms with Crippen molar-refractivity contribution in [1.29, 1.82) is 0 Å². The molecule has 1 aromatic carbocycles. The zero-order chi connectivity index (χ0) is 14.5. The minimum absolute atomic E-state index is 0.410. The van der Waals surface area contributed by atoms with E-state index in [0.717, 1.165) is 5.56 Å². The molecule has 21 heavy (non-hydrogen) atoms. The van der Waals surface area contributed by atoms with Gasteiger partial charge in [-0.15, -0.1) is 0 Å². The molecule has 7 heteroatoms. The van der Waals surface area contributed by atoms with Crippen LogP contribution in [0.3, 0.4) is 0 Å². The molecular formula is C14H13N5O2. The molecule has 3 aromatic rings. The Labute approximate surface area is 121 Å². The van der Waals surface area contributed by atoms with E-state index in [0.29, 0.717) is 30.0 Å². The highest BCUT2D eigenvalue weighted by molar-refractivity contribution is 5.32. The van der Waals surface area contributed by atoms with Gasteiger partial charge in [-0.1, -0.05) is 17.3 Å². The first-order chi connectivity index (χ1) is 10.3. The van der Waals surface area contributed by atoms with Gasteiger partial charge in [-0.2, -0.15) is 4.98 Å². The highest BCUT2D eigenvalue weighted by atomic mass is 16.5. The summed E-state index contributed by atoms with van der Waals surface area (Å²) in [4.78, 5) is 12.1. The maximum atomic E-state index is 5.56. The van der Waals surface area contributed by atoms with Crippen molar-refractivity contribution < 1.29 is 9.26 Å². The Morgan fingerprint density at radius 3 is 2.71 bits per heavy atom. The van der Waals surface area contributed by atoms with Gasteiger partial charge in [0, 0.05) is 18.9 Å². The second kappa shape index (κ2) is 6.00. The van der Waals surface area contributed by atoms with Crippen molar-refractivity contribution in [2.75, 3.05) is 5.32 Å². The van der Waals surface area contributed by atoms with Crippen molar-refractivity contribution in [2.45, 2.75) is 13.5 Å². The van der Waals surface area contributed by atoms with Crippen LogP contribution in [-0.2, 0) is 6.54 Å². The standard InChI is InChI=1S/C14H13N5O2/c1-10-18-14(21-19-10)17-8-11-2-4-12(5-3-11)20-13-9-15-6-7-16-13/h2-7,9H,8H2,1H3,(H,17,18,19). The summed E-state index contributed by atoms with van der Waals surface area (Å²) in [6.45, 7) is 2.36. The first kappa shape index (κ1) is 13.0. The fourth-order valence-corrected chi connectivity index (χ4v) is 1.68. The monoisotopic (exact) mass is 283 g/mol. The number of aryl methyl sites for hydroxylation is 1. The highest BCUT2D eigenvalue weighted by Crippen LogP contribution is 2.19. The number of hydrogen-bond donors (Lipinski definition) is 1. The summed E-state index contributed by atoms with van der Waals surface area (Å²) >= 11 is 0. The van der Waals surface area contributed by atoms with Gasteiger partial charge >= 0.3 is 6.01 Å². The van der Waals surface area contributed by atoms with Gasteiger partial charge in [0.05, 0.1) is 6.20 Å². The Balaban J connectivity index is 1.59. The molecule has 2 aromatic heterocycles. The van der Waals surface area contributed by atoms with Gasteiger partial charge in [0.25, 0.3) is 0 Å². The largest absolute Gasteiger partial charge is 0.438 e. The van der Waals surface area contributed by atoms with Gasteiger partial charge in [0.15, 0.2) is 5.82 Å². The summed E-state index contributed by atoms with van der Waals surface area (Å²) in [5.41, 5.74) is 1.07. The van der Waals surface area contributed by atoms with E-state index in [9.17, 15) is 0 Å². The molecule has 0 radical (unpaired) electrons. The molecule has 0 aliphatic heterocycles. The molecule has 0 unspecified atom stereocenters. The summed E-state index contributed by atoms with van der Waals surface area (Å²) in [6.07, 6.45) is 4.74. The van der Waals surface area contributed by atoms with E-state index in [1.54, 1.807) is 25.5 Å². The van der Waals surface area contributed by atoms with Gasteiger partial charge in [-0.3, -0.25) is 4.98 Å². The number of rotatable bonds is 5. The third-order valence-corrected chi connectivity index (χ3v) is 2.66. The van der Waals surface area contributed by atoms with Crippen molar-refractivity contribution in [3.63, 3.8) is 0 Å². The van der Waals surface area contributed by atoms with Crippen LogP contribution in [-0.4, -0.2) is 20.1 Å². The van der Waals surface area contributed by atoms with Crippen LogP contribution < -0.4 is 10.1 Å². The molecule has 0 atom stereocenters. The van der Waals surface area contributed by atoms with Gasteiger partial charge in [-0.25, -0.2) is 4.98 Å². The predicted octanol–water partition coefficient (Wildman–Crippen LogP) is 2.57. The molecule has 0 bridgehead atoms. The van der Waals surface area contributed by atoms with E-state index in [1.807, 2.05) is 24.3 Å². The topological polar surface area (TPSA) is 86.0 Å². The number of benzene rings is 1. The lowest BCUT2D eigenvalue weighted by atomic mass is 10.2. The second-order valence-corrected chi connectivity index (χ2v) is 4.29. The fraction of sp³-hybridized carbons (Fsp3) is 0.143. The van der Waals surface area contributed by atoms with Crippen molar-refractivity contribution >= 4 is 6.01 Å². The van der Waals surface area contributed by atoms with Crippen LogP contribution in [0.4, 0.5) is 6.01 Å². The molecule has 0 amide bonds. The Bertz CT molecular complexity index is 697. The van der Waals surface area contributed by atoms with Gasteiger partial charge in [-0.05, 0) is 24.6 Å². The van der Waals surface area contributed by atoms with Crippen molar-refractivity contribution in [3.05, 3.63) is 54.2 Å². The Morgan fingerprint density at radius 2 is 2.05 bits per heavy atom. The zero-order valence-electron chi connectivity index (χ0n) is 11.4. The molecule has 0 aliphatic rings. The average Bonchev–Trinajstić information content (AvgIpc) is 2.93. The molecule has 7 nitrogen and oxygen atoms in total. The van der Waals surface area contributed by atoms with Gasteiger partial charge in [0.2, 0.25) is 5.88 Å². The van der Waals surface area contributed by atoms with Crippen molar-refractivity contribution in [3.8, 4) is 11.6 Å². The molecule has 0 spiro atoms. The zero-order valence-corrected chi connectivity index (χ0v) is 11.4. The van der Waals surface area contributed by atoms with Crippen LogP contribution in [0.15, 0.2) is 47.4 Å². The van der Waals surface area contributed by atoms with Crippen molar-refractivity contribution in [2.24, 2.45) is 0 Å². The Kier molecular flexibility index (Phi) is 3.72. The number of nitrogens with one attached hydrogen (secondary N) is 1. The molecule has 0 fully saturated rings. The third kappa shape index (κ3) is 3.53. The predicted molar refractivity (Wildman–Crippen MR) is 74.9 cm³/mol. The molecule has 3 rings (SSSR count). The molecule has 0 saturated carbocycles. The van der Waals surface area contributed by atoms with Crippen LogP contribution >= 0.6 is 0 Å². The van der Waals surface area contributed by atoms with E-state index in [2.05, 4.69) is 25.4 Å². The molecule has 106 valence electrons. The van der Waals surface area contributed by atoms with E-state index in [4.69, 9.17) is 9.26 Å². The number of ether oxygens (including phenoxy) is 1. The lowest BCUT2D eigenvalue weighted by Gasteiger charge is -2.05. The normalized spacial score (nSPS) is 10.3. The first-order valence-corrected chi connectivity index (χ1v) is 6.36. The lowest BCUT2D eigenvalue weighted by Crippen LogP contribution is -1.99. The van der Waals surface area contributed by atoms with E-state index in [-0.39, 0.29) is 0 Å². The number of aromatic nitrogens is 4. The average molecular weight is 283 g/mol. The fourth-order valence-electron chi connectivity index (χ4n) is 1.68. The van der Waals surface area contributed by atoms with Crippen LogP contribution in [0.2, 0.25) is 0 Å². The van der Waals surface area contributed by atoms with E-state index >= 15 is 0 Å². The molecule has 2 heterocycles.